The van der Waals surface area contributed by atoms with Gasteiger partial charge in [0.1, 0.15) is 0 Å². The van der Waals surface area contributed by atoms with Gasteiger partial charge < -0.3 is 15.5 Å². The van der Waals surface area contributed by atoms with Crippen LogP contribution in [0.4, 0.5) is 0 Å². The fraction of sp³-hybridized carbons (Fsp3) is 0.910. The molecule has 0 aliphatic heterocycles. The second kappa shape index (κ2) is 73.9. The summed E-state index contributed by atoms with van der Waals surface area (Å²) in [7, 11) is 0. The Morgan fingerprint density at radius 2 is 0.476 bits per heavy atom. The van der Waals surface area contributed by atoms with E-state index in [1.165, 1.54) is 385 Å². The Labute approximate surface area is 516 Å². The van der Waals surface area contributed by atoms with Crippen molar-refractivity contribution in [2.24, 2.45) is 0 Å². The van der Waals surface area contributed by atoms with Gasteiger partial charge in [0.05, 0.1) is 18.8 Å². The molecular weight excluding hydrogens is 999 g/mol. The van der Waals surface area contributed by atoms with Gasteiger partial charge in [-0.1, -0.05) is 410 Å². The van der Waals surface area contributed by atoms with E-state index < -0.39 is 12.1 Å². The van der Waals surface area contributed by atoms with Gasteiger partial charge in [0.25, 0.3) is 0 Å². The van der Waals surface area contributed by atoms with E-state index in [9.17, 15) is 15.0 Å². The number of hydrogen-bond acceptors (Lipinski definition) is 3. The van der Waals surface area contributed by atoms with E-state index in [2.05, 4.69) is 43.5 Å². The second-order valence-corrected chi connectivity index (χ2v) is 26.4. The third-order valence-electron chi connectivity index (χ3n) is 18.1. The fourth-order valence-corrected chi connectivity index (χ4v) is 12.3. The summed E-state index contributed by atoms with van der Waals surface area (Å²) in [5.41, 5.74) is 0. The average molecular weight is 1150 g/mol. The van der Waals surface area contributed by atoms with E-state index in [1.54, 1.807) is 6.08 Å². The maximum Gasteiger partial charge on any atom is 0.220 e. The first kappa shape index (κ1) is 80.6. The molecule has 0 bridgehead atoms. The largest absolute Gasteiger partial charge is 0.394 e. The highest BCUT2D eigenvalue weighted by atomic mass is 16.3. The topological polar surface area (TPSA) is 69.6 Å². The molecular formula is C78H151NO3. The van der Waals surface area contributed by atoms with Crippen molar-refractivity contribution in [3.8, 4) is 0 Å². The highest BCUT2D eigenvalue weighted by Crippen LogP contribution is 2.20. The third-order valence-corrected chi connectivity index (χ3v) is 18.1. The number of aliphatic hydroxyl groups is 2. The zero-order valence-electron chi connectivity index (χ0n) is 56.3. The van der Waals surface area contributed by atoms with Crippen LogP contribution in [0.1, 0.15) is 438 Å². The van der Waals surface area contributed by atoms with E-state index in [-0.39, 0.29) is 12.5 Å². The maximum absolute atomic E-state index is 12.6. The molecule has 0 aromatic carbocycles. The molecule has 0 heterocycles. The Hall–Kier alpha value is -1.39. The Bertz CT molecular complexity index is 1260. The molecule has 0 spiro atoms. The Morgan fingerprint density at radius 1 is 0.280 bits per heavy atom. The van der Waals surface area contributed by atoms with Crippen molar-refractivity contribution in [3.63, 3.8) is 0 Å². The lowest BCUT2D eigenvalue weighted by molar-refractivity contribution is -0.123. The van der Waals surface area contributed by atoms with Crippen LogP contribution in [-0.2, 0) is 4.79 Å². The first-order valence-electron chi connectivity index (χ1n) is 38.2. The molecule has 0 radical (unpaired) electrons. The molecule has 0 saturated carbocycles. The van der Waals surface area contributed by atoms with Crippen molar-refractivity contribution in [1.29, 1.82) is 0 Å². The summed E-state index contributed by atoms with van der Waals surface area (Å²) in [5, 5.41) is 23.3. The first-order chi connectivity index (χ1) is 40.7. The zero-order chi connectivity index (χ0) is 59.1. The molecule has 0 saturated heterocycles. The smallest absolute Gasteiger partial charge is 0.220 e. The zero-order valence-corrected chi connectivity index (χ0v) is 56.3. The molecule has 4 nitrogen and oxygen atoms in total. The SMILES string of the molecule is CCCCCCCCCC/C=C\CCCCCCCCCCCCCCCCCCCCCCCCCCCCCCCC(=O)NC(CO)C(O)/C=C/CC/C=C/CCCCCCCCCCCCCCCCCCCCCCCCC. The molecule has 1 amide bonds. The van der Waals surface area contributed by atoms with E-state index in [0.717, 1.165) is 32.1 Å². The molecule has 0 aliphatic rings. The van der Waals surface area contributed by atoms with Crippen LogP contribution < -0.4 is 5.32 Å². The Kier molecular flexibility index (Phi) is 72.6. The molecule has 3 N–H and O–H groups in total. The van der Waals surface area contributed by atoms with Crippen LogP contribution in [0, 0.1) is 0 Å². The fourth-order valence-electron chi connectivity index (χ4n) is 12.3. The van der Waals surface area contributed by atoms with E-state index in [4.69, 9.17) is 0 Å². The molecule has 0 rings (SSSR count). The molecule has 0 aliphatic carbocycles. The summed E-state index contributed by atoms with van der Waals surface area (Å²) in [6, 6.07) is -0.639. The molecule has 0 aromatic heterocycles. The average Bonchev–Trinajstić information content (AvgIpc) is 3.50. The summed E-state index contributed by atoms with van der Waals surface area (Å²) in [4.78, 5) is 12.6. The molecule has 486 valence electrons. The number of aliphatic hydroxyl groups excluding tert-OH is 2. The molecule has 0 fully saturated rings. The standard InChI is InChI=1S/C78H151NO3/c1-3-5-7-9-11-13-15-17-19-21-23-25-27-29-31-33-34-35-36-37-38-39-40-41-42-43-44-46-48-50-52-54-56-58-60-62-64-66-68-70-72-74-78(82)79-76(75-80)77(81)73-71-69-67-65-63-61-59-57-55-53-51-49-47-45-32-30-28-26-24-22-20-18-16-14-12-10-8-6-4-2/h21,23,63,65,71,73,76-77,80-81H,3-20,22,24-62,64,66-70,72,74-75H2,1-2H3,(H,79,82)/b23-21-,65-63+,73-71+. The highest BCUT2D eigenvalue weighted by molar-refractivity contribution is 5.76. The minimum Gasteiger partial charge on any atom is -0.394 e. The Morgan fingerprint density at radius 3 is 0.707 bits per heavy atom. The molecule has 2 unspecified atom stereocenters. The van der Waals surface area contributed by atoms with Crippen LogP contribution in [0.5, 0.6) is 0 Å². The normalized spacial score (nSPS) is 12.8. The van der Waals surface area contributed by atoms with Gasteiger partial charge in [-0.3, -0.25) is 4.79 Å². The highest BCUT2D eigenvalue weighted by Gasteiger charge is 2.18. The van der Waals surface area contributed by atoms with Crippen molar-refractivity contribution in [3.05, 3.63) is 36.5 Å². The van der Waals surface area contributed by atoms with E-state index in [0.29, 0.717) is 6.42 Å². The predicted molar refractivity (Wildman–Crippen MR) is 369 cm³/mol. The Balaban J connectivity index is 3.40. The minimum absolute atomic E-state index is 0.0641. The summed E-state index contributed by atoms with van der Waals surface area (Å²) < 4.78 is 0. The molecule has 2 atom stereocenters. The van der Waals surface area contributed by atoms with Crippen molar-refractivity contribution in [2.45, 2.75) is 450 Å². The van der Waals surface area contributed by atoms with E-state index >= 15 is 0 Å². The number of rotatable bonds is 72. The van der Waals surface area contributed by atoms with Crippen LogP contribution in [0.25, 0.3) is 0 Å². The summed E-state index contributed by atoms with van der Waals surface area (Å²) in [5.74, 6) is -0.0641. The van der Waals surface area contributed by atoms with Gasteiger partial charge >= 0.3 is 0 Å². The summed E-state index contributed by atoms with van der Waals surface area (Å²) >= 11 is 0. The van der Waals surface area contributed by atoms with Gasteiger partial charge in [-0.2, -0.15) is 0 Å². The van der Waals surface area contributed by atoms with Gasteiger partial charge in [-0.05, 0) is 57.8 Å². The monoisotopic (exact) mass is 1150 g/mol. The van der Waals surface area contributed by atoms with Gasteiger partial charge in [0.2, 0.25) is 5.91 Å². The number of hydrogen-bond donors (Lipinski definition) is 3. The number of unbranched alkanes of at least 4 members (excludes halogenated alkanes) is 61. The van der Waals surface area contributed by atoms with Crippen molar-refractivity contribution in [1.82, 2.24) is 5.32 Å². The first-order valence-corrected chi connectivity index (χ1v) is 38.2. The molecule has 82 heavy (non-hydrogen) atoms. The molecule has 0 aromatic rings. The van der Waals surface area contributed by atoms with Crippen LogP contribution in [0.2, 0.25) is 0 Å². The number of nitrogens with one attached hydrogen (secondary N) is 1. The maximum atomic E-state index is 12.6. The van der Waals surface area contributed by atoms with Crippen molar-refractivity contribution >= 4 is 5.91 Å². The predicted octanol–water partition coefficient (Wildman–Crippen LogP) is 26.3. The van der Waals surface area contributed by atoms with Gasteiger partial charge in [0, 0.05) is 6.42 Å². The van der Waals surface area contributed by atoms with Gasteiger partial charge in [-0.25, -0.2) is 0 Å². The lowest BCUT2D eigenvalue weighted by Gasteiger charge is -2.19. The lowest BCUT2D eigenvalue weighted by atomic mass is 10.0. The van der Waals surface area contributed by atoms with Gasteiger partial charge in [0.15, 0.2) is 0 Å². The van der Waals surface area contributed by atoms with Crippen LogP contribution in [0.3, 0.4) is 0 Å². The summed E-state index contributed by atoms with van der Waals surface area (Å²) in [6.45, 7) is 4.35. The number of amides is 1. The van der Waals surface area contributed by atoms with E-state index in [1.807, 2.05) is 6.08 Å². The number of allylic oxidation sites excluding steroid dienone is 5. The third kappa shape index (κ3) is 69.4. The van der Waals surface area contributed by atoms with Crippen molar-refractivity contribution in [2.75, 3.05) is 6.61 Å². The van der Waals surface area contributed by atoms with Crippen LogP contribution in [-0.4, -0.2) is 34.9 Å². The number of carbonyl (C=O) groups is 1. The second-order valence-electron chi connectivity index (χ2n) is 26.4. The quantitative estimate of drug-likeness (QED) is 0.0420. The van der Waals surface area contributed by atoms with Crippen LogP contribution in [0.15, 0.2) is 36.5 Å². The number of carbonyl (C=O) groups excluding carboxylic acids is 1. The lowest BCUT2D eigenvalue weighted by Crippen LogP contribution is -2.45. The minimum atomic E-state index is -0.863. The van der Waals surface area contributed by atoms with Crippen molar-refractivity contribution < 1.29 is 15.0 Å². The summed E-state index contributed by atoms with van der Waals surface area (Å²) in [6.07, 6.45) is 103. The molecule has 4 heteroatoms. The van der Waals surface area contributed by atoms with Gasteiger partial charge in [-0.15, -0.1) is 0 Å². The van der Waals surface area contributed by atoms with Crippen LogP contribution >= 0.6 is 0 Å².